The van der Waals surface area contributed by atoms with Gasteiger partial charge in [0.25, 0.3) is 5.91 Å². The molecule has 1 N–H and O–H groups in total. The minimum atomic E-state index is -0.899. The second-order valence-electron chi connectivity index (χ2n) is 7.21. The van der Waals surface area contributed by atoms with Crippen molar-refractivity contribution < 1.29 is 23.9 Å². The molecule has 0 unspecified atom stereocenters. The lowest BCUT2D eigenvalue weighted by Crippen LogP contribution is -2.45. The maximum atomic E-state index is 12.8. The predicted octanol–water partition coefficient (Wildman–Crippen LogP) is 3.51. The minimum Gasteiger partial charge on any atom is -0.467 e. The van der Waals surface area contributed by atoms with Crippen molar-refractivity contribution in [2.75, 3.05) is 14.2 Å². The van der Waals surface area contributed by atoms with Crippen molar-refractivity contribution >= 4 is 17.7 Å². The van der Waals surface area contributed by atoms with Crippen molar-refractivity contribution in [3.63, 3.8) is 0 Å². The topological polar surface area (TPSA) is 81.7 Å². The van der Waals surface area contributed by atoms with Crippen LogP contribution in [0.1, 0.15) is 33.2 Å². The van der Waals surface area contributed by atoms with Gasteiger partial charge in [0.15, 0.2) is 11.9 Å². The molecule has 2 atom stereocenters. The highest BCUT2D eigenvalue weighted by molar-refractivity contribution is 6.08. The molecule has 0 saturated heterocycles. The number of ether oxygens (including phenoxy) is 2. The van der Waals surface area contributed by atoms with Gasteiger partial charge in [-0.25, -0.2) is 4.79 Å². The Balaban J connectivity index is 1.72. The standard InChI is InChI=1S/C26H25NO5/c1-31-24(21-11-7-4-8-12-21)25(29)27-22(26(30)32-2)17-18-13-15-20(16-14-18)23(28)19-9-5-3-6-10-19/h3-16,22,24H,17H2,1-2H3,(H,27,29)/t22-,24+/m1/s1. The summed E-state index contributed by atoms with van der Waals surface area (Å²) in [7, 11) is 2.71. The Bertz CT molecular complexity index is 1050. The van der Waals surface area contributed by atoms with E-state index in [-0.39, 0.29) is 12.2 Å². The van der Waals surface area contributed by atoms with E-state index in [1.54, 1.807) is 48.5 Å². The van der Waals surface area contributed by atoms with Crippen molar-refractivity contribution in [1.29, 1.82) is 0 Å². The highest BCUT2D eigenvalue weighted by Gasteiger charge is 2.27. The molecule has 3 aromatic rings. The fourth-order valence-electron chi connectivity index (χ4n) is 3.39. The Morgan fingerprint density at radius 3 is 1.91 bits per heavy atom. The maximum Gasteiger partial charge on any atom is 0.328 e. The first-order valence-electron chi connectivity index (χ1n) is 10.2. The van der Waals surface area contributed by atoms with Gasteiger partial charge in [-0.2, -0.15) is 0 Å². The van der Waals surface area contributed by atoms with Crippen molar-refractivity contribution in [3.05, 3.63) is 107 Å². The number of ketones is 1. The van der Waals surface area contributed by atoms with Gasteiger partial charge in [0.05, 0.1) is 7.11 Å². The number of esters is 1. The van der Waals surface area contributed by atoms with Gasteiger partial charge in [-0.15, -0.1) is 0 Å². The number of hydrogen-bond donors (Lipinski definition) is 1. The first kappa shape index (κ1) is 22.9. The third-order valence-electron chi connectivity index (χ3n) is 5.07. The molecule has 164 valence electrons. The monoisotopic (exact) mass is 431 g/mol. The lowest BCUT2D eigenvalue weighted by atomic mass is 9.99. The van der Waals surface area contributed by atoms with Crippen LogP contribution in [-0.4, -0.2) is 37.9 Å². The van der Waals surface area contributed by atoms with Crippen molar-refractivity contribution in [2.45, 2.75) is 18.6 Å². The number of carbonyl (C=O) groups excluding carboxylic acids is 3. The molecule has 1 amide bonds. The molecular weight excluding hydrogens is 406 g/mol. The molecule has 0 saturated carbocycles. The zero-order valence-corrected chi connectivity index (χ0v) is 18.0. The highest BCUT2D eigenvalue weighted by atomic mass is 16.5. The lowest BCUT2D eigenvalue weighted by Gasteiger charge is -2.21. The van der Waals surface area contributed by atoms with Gasteiger partial charge in [0.1, 0.15) is 6.04 Å². The molecule has 0 heterocycles. The molecule has 6 nitrogen and oxygen atoms in total. The van der Waals surface area contributed by atoms with Crippen molar-refractivity contribution in [3.8, 4) is 0 Å². The normalized spacial score (nSPS) is 12.4. The molecule has 3 aromatic carbocycles. The Hall–Kier alpha value is -3.77. The largest absolute Gasteiger partial charge is 0.467 e. The quantitative estimate of drug-likeness (QED) is 0.414. The summed E-state index contributed by atoms with van der Waals surface area (Å²) in [6, 6.07) is 24.1. The first-order chi connectivity index (χ1) is 15.5. The van der Waals surface area contributed by atoms with Crippen molar-refractivity contribution in [2.24, 2.45) is 0 Å². The van der Waals surface area contributed by atoms with Crippen molar-refractivity contribution in [1.82, 2.24) is 5.32 Å². The maximum absolute atomic E-state index is 12.8. The summed E-state index contributed by atoms with van der Waals surface area (Å²) in [5, 5.41) is 2.72. The van der Waals surface area contributed by atoms with Gasteiger partial charge in [0, 0.05) is 24.7 Å². The van der Waals surface area contributed by atoms with Crippen LogP contribution in [0.15, 0.2) is 84.9 Å². The number of nitrogens with one attached hydrogen (secondary N) is 1. The predicted molar refractivity (Wildman–Crippen MR) is 120 cm³/mol. The second-order valence-corrected chi connectivity index (χ2v) is 7.21. The Labute approximate surface area is 187 Å². The van der Waals surface area contributed by atoms with Gasteiger partial charge < -0.3 is 14.8 Å². The van der Waals surface area contributed by atoms with Gasteiger partial charge in [-0.3, -0.25) is 9.59 Å². The molecule has 0 aliphatic rings. The molecule has 0 fully saturated rings. The van der Waals surface area contributed by atoms with Crippen LogP contribution in [0.2, 0.25) is 0 Å². The zero-order chi connectivity index (χ0) is 22.9. The van der Waals surface area contributed by atoms with Crippen LogP contribution in [0.5, 0.6) is 0 Å². The van der Waals surface area contributed by atoms with E-state index in [1.807, 2.05) is 36.4 Å². The van der Waals surface area contributed by atoms with Gasteiger partial charge >= 0.3 is 5.97 Å². The van der Waals surface area contributed by atoms with E-state index in [9.17, 15) is 14.4 Å². The highest BCUT2D eigenvalue weighted by Crippen LogP contribution is 2.18. The van der Waals surface area contributed by atoms with Crippen LogP contribution >= 0.6 is 0 Å². The second kappa shape index (κ2) is 11.0. The first-order valence-corrected chi connectivity index (χ1v) is 10.2. The molecule has 0 aromatic heterocycles. The van der Waals surface area contributed by atoms with E-state index in [0.29, 0.717) is 16.7 Å². The summed E-state index contributed by atoms with van der Waals surface area (Å²) in [6.07, 6.45) is -0.641. The molecule has 0 aliphatic heterocycles. The van der Waals surface area contributed by atoms with Crippen LogP contribution in [0.25, 0.3) is 0 Å². The Morgan fingerprint density at radius 1 is 0.781 bits per heavy atom. The molecule has 0 spiro atoms. The molecular formula is C26H25NO5. The molecule has 6 heteroatoms. The van der Waals surface area contributed by atoms with E-state index < -0.39 is 24.0 Å². The summed E-state index contributed by atoms with van der Waals surface area (Å²) in [4.78, 5) is 37.7. The van der Waals surface area contributed by atoms with Gasteiger partial charge in [-0.1, -0.05) is 84.9 Å². The van der Waals surface area contributed by atoms with E-state index in [4.69, 9.17) is 9.47 Å². The smallest absolute Gasteiger partial charge is 0.328 e. The van der Waals surface area contributed by atoms with E-state index in [2.05, 4.69) is 5.32 Å². The number of benzene rings is 3. The SMILES string of the molecule is COC(=O)[C@@H](Cc1ccc(C(=O)c2ccccc2)cc1)NC(=O)[C@@H](OC)c1ccccc1. The summed E-state index contributed by atoms with van der Waals surface area (Å²) in [6.45, 7) is 0. The number of carbonyl (C=O) groups is 3. The van der Waals surface area contributed by atoms with Crippen LogP contribution in [0, 0.1) is 0 Å². The van der Waals surface area contributed by atoms with Crippen LogP contribution in [-0.2, 0) is 25.5 Å². The van der Waals surface area contributed by atoms with E-state index >= 15 is 0 Å². The van der Waals surface area contributed by atoms with Crippen LogP contribution in [0.3, 0.4) is 0 Å². The van der Waals surface area contributed by atoms with Crippen LogP contribution in [0.4, 0.5) is 0 Å². The fourth-order valence-corrected chi connectivity index (χ4v) is 3.39. The third-order valence-corrected chi connectivity index (χ3v) is 5.07. The lowest BCUT2D eigenvalue weighted by molar-refractivity contribution is -0.146. The molecule has 0 aliphatic carbocycles. The number of rotatable bonds is 9. The van der Waals surface area contributed by atoms with E-state index in [0.717, 1.165) is 5.56 Å². The number of methoxy groups -OCH3 is 2. The van der Waals surface area contributed by atoms with Gasteiger partial charge in [0.2, 0.25) is 0 Å². The summed E-state index contributed by atoms with van der Waals surface area (Å²) in [5.74, 6) is -1.09. The summed E-state index contributed by atoms with van der Waals surface area (Å²) >= 11 is 0. The average molecular weight is 431 g/mol. The molecule has 3 rings (SSSR count). The molecule has 32 heavy (non-hydrogen) atoms. The minimum absolute atomic E-state index is 0.0826. The number of hydrogen-bond acceptors (Lipinski definition) is 5. The Morgan fingerprint density at radius 2 is 1.34 bits per heavy atom. The van der Waals surface area contributed by atoms with Crippen LogP contribution < -0.4 is 5.32 Å². The summed E-state index contributed by atoms with van der Waals surface area (Å²) in [5.41, 5.74) is 2.60. The summed E-state index contributed by atoms with van der Waals surface area (Å²) < 4.78 is 10.2. The Kier molecular flexibility index (Phi) is 7.89. The molecule has 0 radical (unpaired) electrons. The third kappa shape index (κ3) is 5.68. The van der Waals surface area contributed by atoms with E-state index in [1.165, 1.54) is 14.2 Å². The zero-order valence-electron chi connectivity index (χ0n) is 18.0. The molecule has 0 bridgehead atoms. The fraction of sp³-hybridized carbons (Fsp3) is 0.192. The van der Waals surface area contributed by atoms with Gasteiger partial charge in [-0.05, 0) is 11.1 Å². The average Bonchev–Trinajstić information content (AvgIpc) is 2.85. The number of amides is 1.